The van der Waals surface area contributed by atoms with Crippen molar-refractivity contribution in [3.05, 3.63) is 83.4 Å². The number of ether oxygens (including phenoxy) is 1. The number of piperidine rings is 1. The van der Waals surface area contributed by atoms with Gasteiger partial charge in [0.15, 0.2) is 0 Å². The van der Waals surface area contributed by atoms with Crippen molar-refractivity contribution >= 4 is 17.1 Å². The minimum Gasteiger partial charge on any atom is -0.372 e. The highest BCUT2D eigenvalue weighted by molar-refractivity contribution is 5.82. The maximum atomic E-state index is 10.7. The van der Waals surface area contributed by atoms with Crippen molar-refractivity contribution in [2.24, 2.45) is 0 Å². The average molecular weight is 359 g/mol. The molecule has 1 heterocycles. The number of aldehydes is 1. The zero-order valence-corrected chi connectivity index (χ0v) is 15.4. The second-order valence-corrected chi connectivity index (χ2v) is 7.24. The van der Waals surface area contributed by atoms with Crippen molar-refractivity contribution < 1.29 is 9.53 Å². The SMILES string of the molecule is O=CCc1ccc(C2CCNCC2OCc2ccc3ccccc3c2)cc1. The van der Waals surface area contributed by atoms with Crippen LogP contribution in [0, 0.1) is 0 Å². The van der Waals surface area contributed by atoms with Gasteiger partial charge in [-0.15, -0.1) is 0 Å². The van der Waals surface area contributed by atoms with E-state index in [0.717, 1.165) is 31.4 Å². The van der Waals surface area contributed by atoms with E-state index in [2.05, 4.69) is 72.0 Å². The summed E-state index contributed by atoms with van der Waals surface area (Å²) in [4.78, 5) is 10.7. The molecule has 138 valence electrons. The second-order valence-electron chi connectivity index (χ2n) is 7.24. The summed E-state index contributed by atoms with van der Waals surface area (Å²) in [5.41, 5.74) is 3.57. The molecule has 0 amide bonds. The molecule has 0 radical (unpaired) electrons. The van der Waals surface area contributed by atoms with Crippen LogP contribution < -0.4 is 5.32 Å². The number of benzene rings is 3. The molecule has 3 nitrogen and oxygen atoms in total. The van der Waals surface area contributed by atoms with Gasteiger partial charge >= 0.3 is 0 Å². The zero-order chi connectivity index (χ0) is 18.5. The van der Waals surface area contributed by atoms with Crippen LogP contribution in [0.5, 0.6) is 0 Å². The molecule has 0 saturated carbocycles. The van der Waals surface area contributed by atoms with Crippen molar-refractivity contribution in [1.29, 1.82) is 0 Å². The lowest BCUT2D eigenvalue weighted by molar-refractivity contribution is -0.107. The molecule has 0 aromatic heterocycles. The van der Waals surface area contributed by atoms with Gasteiger partial charge in [-0.1, -0.05) is 60.7 Å². The third-order valence-electron chi connectivity index (χ3n) is 5.43. The first kappa shape index (κ1) is 17.9. The fourth-order valence-electron chi connectivity index (χ4n) is 3.92. The van der Waals surface area contributed by atoms with Crippen LogP contribution in [0.4, 0.5) is 0 Å². The van der Waals surface area contributed by atoms with E-state index >= 15 is 0 Å². The Hall–Kier alpha value is -2.49. The van der Waals surface area contributed by atoms with E-state index in [1.807, 2.05) is 0 Å². The molecule has 1 N–H and O–H groups in total. The fourth-order valence-corrected chi connectivity index (χ4v) is 3.92. The Balaban J connectivity index is 1.46. The topological polar surface area (TPSA) is 38.3 Å². The number of carbonyl (C=O) groups excluding carboxylic acids is 1. The molecule has 2 unspecified atom stereocenters. The predicted molar refractivity (Wildman–Crippen MR) is 109 cm³/mol. The van der Waals surface area contributed by atoms with E-state index in [1.54, 1.807) is 0 Å². The highest BCUT2D eigenvalue weighted by Gasteiger charge is 2.27. The lowest BCUT2D eigenvalue weighted by atomic mass is 9.87. The summed E-state index contributed by atoms with van der Waals surface area (Å²) < 4.78 is 6.34. The first-order valence-electron chi connectivity index (χ1n) is 9.66. The molecule has 0 aliphatic carbocycles. The molecular formula is C24H25NO2. The molecule has 1 fully saturated rings. The molecule has 2 atom stereocenters. The molecule has 27 heavy (non-hydrogen) atoms. The molecule has 3 aromatic carbocycles. The van der Waals surface area contributed by atoms with Crippen molar-refractivity contribution in [3.63, 3.8) is 0 Å². The van der Waals surface area contributed by atoms with Crippen LogP contribution in [0.15, 0.2) is 66.7 Å². The number of rotatable bonds is 6. The maximum Gasteiger partial charge on any atom is 0.124 e. The summed E-state index contributed by atoms with van der Waals surface area (Å²) >= 11 is 0. The van der Waals surface area contributed by atoms with Gasteiger partial charge in [0, 0.05) is 18.9 Å². The van der Waals surface area contributed by atoms with Gasteiger partial charge in [-0.3, -0.25) is 0 Å². The largest absolute Gasteiger partial charge is 0.372 e. The monoisotopic (exact) mass is 359 g/mol. The zero-order valence-electron chi connectivity index (χ0n) is 15.4. The molecule has 0 spiro atoms. The van der Waals surface area contributed by atoms with Gasteiger partial charge < -0.3 is 14.8 Å². The van der Waals surface area contributed by atoms with Crippen LogP contribution >= 0.6 is 0 Å². The van der Waals surface area contributed by atoms with Gasteiger partial charge in [0.25, 0.3) is 0 Å². The van der Waals surface area contributed by atoms with Crippen molar-refractivity contribution in [1.82, 2.24) is 5.32 Å². The van der Waals surface area contributed by atoms with Crippen molar-refractivity contribution in [3.8, 4) is 0 Å². The Morgan fingerprint density at radius 3 is 2.56 bits per heavy atom. The summed E-state index contributed by atoms with van der Waals surface area (Å²) in [6.45, 7) is 2.50. The number of carbonyl (C=O) groups is 1. The summed E-state index contributed by atoms with van der Waals surface area (Å²) in [5.74, 6) is 0.386. The van der Waals surface area contributed by atoms with E-state index in [-0.39, 0.29) is 6.10 Å². The molecule has 1 aliphatic rings. The van der Waals surface area contributed by atoms with Gasteiger partial charge in [0.2, 0.25) is 0 Å². The maximum absolute atomic E-state index is 10.7. The molecule has 3 aromatic rings. The molecule has 1 saturated heterocycles. The third-order valence-corrected chi connectivity index (χ3v) is 5.43. The first-order chi connectivity index (χ1) is 13.3. The van der Waals surface area contributed by atoms with Crippen LogP contribution in [0.1, 0.15) is 29.0 Å². The molecule has 3 heteroatoms. The minimum atomic E-state index is 0.155. The Morgan fingerprint density at radius 2 is 1.74 bits per heavy atom. The van der Waals surface area contributed by atoms with Gasteiger partial charge in [-0.05, 0) is 46.5 Å². The van der Waals surface area contributed by atoms with E-state index in [4.69, 9.17) is 4.74 Å². The lowest BCUT2D eigenvalue weighted by Crippen LogP contribution is -2.40. The van der Waals surface area contributed by atoms with Gasteiger partial charge in [-0.25, -0.2) is 0 Å². The number of fused-ring (bicyclic) bond motifs is 1. The standard InChI is InChI=1S/C24H25NO2/c26-14-12-18-5-9-21(10-6-18)23-11-13-25-16-24(23)27-17-19-7-8-20-3-1-2-4-22(20)15-19/h1-10,14-15,23-25H,11-13,16-17H2. The Kier molecular flexibility index (Phi) is 5.61. The van der Waals surface area contributed by atoms with Crippen molar-refractivity contribution in [2.75, 3.05) is 13.1 Å². The fraction of sp³-hybridized carbons (Fsp3) is 0.292. The van der Waals surface area contributed by atoms with Crippen LogP contribution in [-0.2, 0) is 22.6 Å². The normalized spacial score (nSPS) is 19.9. The lowest BCUT2D eigenvalue weighted by Gasteiger charge is -2.32. The Labute approximate surface area is 160 Å². The van der Waals surface area contributed by atoms with Gasteiger partial charge in [0.1, 0.15) is 6.29 Å². The number of hydrogen-bond donors (Lipinski definition) is 1. The third kappa shape index (κ3) is 4.26. The quantitative estimate of drug-likeness (QED) is 0.669. The summed E-state index contributed by atoms with van der Waals surface area (Å²) in [7, 11) is 0. The van der Waals surface area contributed by atoms with E-state index < -0.39 is 0 Å². The van der Waals surface area contributed by atoms with Crippen LogP contribution in [0.2, 0.25) is 0 Å². The summed E-state index contributed by atoms with van der Waals surface area (Å²) in [5, 5.41) is 5.97. The van der Waals surface area contributed by atoms with Crippen molar-refractivity contribution in [2.45, 2.75) is 31.5 Å². The van der Waals surface area contributed by atoms with Crippen LogP contribution in [-0.4, -0.2) is 25.5 Å². The predicted octanol–water partition coefficient (Wildman–Crippen LogP) is 4.24. The highest BCUT2D eigenvalue weighted by atomic mass is 16.5. The molecule has 4 rings (SSSR count). The van der Waals surface area contributed by atoms with Gasteiger partial charge in [-0.2, -0.15) is 0 Å². The highest BCUT2D eigenvalue weighted by Crippen LogP contribution is 2.29. The summed E-state index contributed by atoms with van der Waals surface area (Å²) in [6.07, 6.45) is 2.65. The van der Waals surface area contributed by atoms with E-state index in [0.29, 0.717) is 18.9 Å². The second kappa shape index (κ2) is 8.47. The molecule has 1 aliphatic heterocycles. The molecular weight excluding hydrogens is 334 g/mol. The number of hydrogen-bond acceptors (Lipinski definition) is 3. The van der Waals surface area contributed by atoms with Crippen LogP contribution in [0.3, 0.4) is 0 Å². The van der Waals surface area contributed by atoms with E-state index in [9.17, 15) is 4.79 Å². The smallest absolute Gasteiger partial charge is 0.124 e. The summed E-state index contributed by atoms with van der Waals surface area (Å²) in [6, 6.07) is 23.4. The Morgan fingerprint density at radius 1 is 0.963 bits per heavy atom. The number of nitrogens with one attached hydrogen (secondary N) is 1. The minimum absolute atomic E-state index is 0.155. The van der Waals surface area contributed by atoms with Gasteiger partial charge in [0.05, 0.1) is 12.7 Å². The van der Waals surface area contributed by atoms with E-state index in [1.165, 1.54) is 21.9 Å². The first-order valence-corrected chi connectivity index (χ1v) is 9.66. The molecule has 0 bridgehead atoms. The average Bonchev–Trinajstić information content (AvgIpc) is 2.73. The Bertz CT molecular complexity index is 904. The van der Waals surface area contributed by atoms with Crippen LogP contribution in [0.25, 0.3) is 10.8 Å².